The van der Waals surface area contributed by atoms with Gasteiger partial charge in [-0.15, -0.1) is 0 Å². The van der Waals surface area contributed by atoms with E-state index in [0.29, 0.717) is 5.56 Å². The van der Waals surface area contributed by atoms with E-state index < -0.39 is 5.97 Å². The number of aromatic nitrogens is 1. The second-order valence-corrected chi connectivity index (χ2v) is 2.38. The van der Waals surface area contributed by atoms with Gasteiger partial charge in [0, 0.05) is 11.8 Å². The summed E-state index contributed by atoms with van der Waals surface area (Å²) in [6.07, 6.45) is 1.47. The lowest BCUT2D eigenvalue weighted by Crippen LogP contribution is -2.03. The largest absolute Gasteiger partial charge is 0.464 e. The Kier molecular flexibility index (Phi) is 3.65. The minimum Gasteiger partial charge on any atom is -0.464 e. The van der Waals surface area contributed by atoms with E-state index in [1.54, 1.807) is 6.07 Å². The Hall–Kier alpha value is -1.86. The quantitative estimate of drug-likeness (QED) is 0.509. The molecule has 4 heteroatoms. The molecule has 1 rings (SSSR count). The van der Waals surface area contributed by atoms with Gasteiger partial charge in [0.05, 0.1) is 7.11 Å². The summed E-state index contributed by atoms with van der Waals surface area (Å²) in [6, 6.07) is 3.16. The van der Waals surface area contributed by atoms with E-state index in [0.717, 1.165) is 0 Å². The van der Waals surface area contributed by atoms with E-state index in [4.69, 9.17) is 5.11 Å². The first-order valence-corrected chi connectivity index (χ1v) is 3.92. The molecule has 0 amide bonds. The highest BCUT2D eigenvalue weighted by Gasteiger charge is 2.05. The molecule has 0 aliphatic rings. The molecule has 72 valence electrons. The summed E-state index contributed by atoms with van der Waals surface area (Å²) >= 11 is 0. The van der Waals surface area contributed by atoms with E-state index in [1.807, 2.05) is 0 Å². The lowest BCUT2D eigenvalue weighted by Gasteiger charge is -1.97. The molecular formula is C10H9NO3. The van der Waals surface area contributed by atoms with Crippen molar-refractivity contribution < 1.29 is 14.6 Å². The lowest BCUT2D eigenvalue weighted by atomic mass is 10.2. The molecule has 0 bridgehead atoms. The van der Waals surface area contributed by atoms with E-state index in [9.17, 15) is 4.79 Å². The zero-order valence-corrected chi connectivity index (χ0v) is 7.65. The molecule has 0 radical (unpaired) electrons. The van der Waals surface area contributed by atoms with Gasteiger partial charge in [-0.05, 0) is 12.1 Å². The second-order valence-electron chi connectivity index (χ2n) is 2.38. The van der Waals surface area contributed by atoms with Gasteiger partial charge in [0.2, 0.25) is 0 Å². The van der Waals surface area contributed by atoms with E-state index >= 15 is 0 Å². The number of nitrogens with zero attached hydrogens (tertiary/aromatic N) is 1. The van der Waals surface area contributed by atoms with Gasteiger partial charge in [-0.2, -0.15) is 0 Å². The molecule has 0 saturated heterocycles. The normalized spacial score (nSPS) is 8.71. The first-order chi connectivity index (χ1) is 6.77. The lowest BCUT2D eigenvalue weighted by molar-refractivity contribution is 0.0594. The number of methoxy groups -OCH3 is 1. The topological polar surface area (TPSA) is 59.4 Å². The Bertz CT molecular complexity index is 390. The van der Waals surface area contributed by atoms with E-state index in [2.05, 4.69) is 21.6 Å². The molecule has 1 heterocycles. The van der Waals surface area contributed by atoms with Crippen molar-refractivity contribution in [1.29, 1.82) is 0 Å². The van der Waals surface area contributed by atoms with Crippen molar-refractivity contribution in [3.05, 3.63) is 29.6 Å². The highest BCUT2D eigenvalue weighted by atomic mass is 16.5. The molecule has 0 aliphatic carbocycles. The van der Waals surface area contributed by atoms with Gasteiger partial charge in [0.1, 0.15) is 12.3 Å². The number of carbonyl (C=O) groups is 1. The minimum absolute atomic E-state index is 0.206. The van der Waals surface area contributed by atoms with Crippen molar-refractivity contribution in [2.24, 2.45) is 0 Å². The van der Waals surface area contributed by atoms with Crippen LogP contribution in [0.5, 0.6) is 0 Å². The van der Waals surface area contributed by atoms with Gasteiger partial charge < -0.3 is 9.84 Å². The van der Waals surface area contributed by atoms with Crippen LogP contribution in [-0.4, -0.2) is 29.8 Å². The molecule has 0 spiro atoms. The van der Waals surface area contributed by atoms with Crippen LogP contribution in [-0.2, 0) is 4.74 Å². The summed E-state index contributed by atoms with van der Waals surface area (Å²) in [5.74, 6) is 4.64. The summed E-state index contributed by atoms with van der Waals surface area (Å²) < 4.78 is 4.50. The molecule has 0 fully saturated rings. The van der Waals surface area contributed by atoms with Crippen LogP contribution in [0.1, 0.15) is 16.1 Å². The molecular weight excluding hydrogens is 182 g/mol. The van der Waals surface area contributed by atoms with Gasteiger partial charge >= 0.3 is 5.97 Å². The molecule has 0 atom stereocenters. The van der Waals surface area contributed by atoms with Crippen LogP contribution in [0.25, 0.3) is 0 Å². The predicted octanol–water partition coefficient (Wildman–Crippen LogP) is 0.212. The zero-order valence-electron chi connectivity index (χ0n) is 7.65. The molecule has 0 unspecified atom stereocenters. The number of esters is 1. The van der Waals surface area contributed by atoms with Crippen molar-refractivity contribution in [1.82, 2.24) is 4.98 Å². The number of ether oxygens (including phenoxy) is 1. The average molecular weight is 191 g/mol. The van der Waals surface area contributed by atoms with Crippen LogP contribution in [0.2, 0.25) is 0 Å². The third-order valence-electron chi connectivity index (χ3n) is 1.47. The fraction of sp³-hybridized carbons (Fsp3) is 0.200. The Morgan fingerprint density at radius 2 is 2.50 bits per heavy atom. The molecule has 1 aromatic heterocycles. The van der Waals surface area contributed by atoms with Gasteiger partial charge in [-0.1, -0.05) is 11.8 Å². The number of hydrogen-bond acceptors (Lipinski definition) is 4. The number of carbonyl (C=O) groups excluding carboxylic acids is 1. The van der Waals surface area contributed by atoms with Crippen molar-refractivity contribution in [2.45, 2.75) is 0 Å². The number of pyridine rings is 1. The van der Waals surface area contributed by atoms with Gasteiger partial charge in [0.15, 0.2) is 0 Å². The second kappa shape index (κ2) is 5.00. The molecule has 0 saturated carbocycles. The maximum absolute atomic E-state index is 11.1. The van der Waals surface area contributed by atoms with E-state index in [1.165, 1.54) is 19.4 Å². The van der Waals surface area contributed by atoms with Crippen LogP contribution >= 0.6 is 0 Å². The van der Waals surface area contributed by atoms with Gasteiger partial charge in [0.25, 0.3) is 0 Å². The monoisotopic (exact) mass is 191 g/mol. The summed E-state index contributed by atoms with van der Waals surface area (Å²) in [4.78, 5) is 14.9. The van der Waals surface area contributed by atoms with E-state index in [-0.39, 0.29) is 12.3 Å². The molecule has 14 heavy (non-hydrogen) atoms. The first-order valence-electron chi connectivity index (χ1n) is 3.92. The Morgan fingerprint density at radius 1 is 1.71 bits per heavy atom. The number of aliphatic hydroxyl groups is 1. The van der Waals surface area contributed by atoms with Crippen LogP contribution in [0.3, 0.4) is 0 Å². The van der Waals surface area contributed by atoms with Crippen molar-refractivity contribution in [3.8, 4) is 11.8 Å². The van der Waals surface area contributed by atoms with Crippen molar-refractivity contribution in [2.75, 3.05) is 13.7 Å². The van der Waals surface area contributed by atoms with Gasteiger partial charge in [-0.3, -0.25) is 0 Å². The highest BCUT2D eigenvalue weighted by Crippen LogP contribution is 2.01. The van der Waals surface area contributed by atoms with Crippen molar-refractivity contribution >= 4 is 5.97 Å². The molecule has 1 aromatic rings. The number of rotatable bonds is 1. The standard InChI is InChI=1S/C10H9NO3/c1-14-10(13)9-7-8(3-2-6-12)4-5-11-9/h4-5,7,12H,6H2,1H3. The summed E-state index contributed by atoms with van der Waals surface area (Å²) in [5, 5.41) is 8.47. The Morgan fingerprint density at radius 3 is 3.14 bits per heavy atom. The van der Waals surface area contributed by atoms with Crippen LogP contribution in [0.4, 0.5) is 0 Å². The highest BCUT2D eigenvalue weighted by molar-refractivity contribution is 5.87. The molecule has 0 aliphatic heterocycles. The molecule has 0 aromatic carbocycles. The Balaban J connectivity index is 2.95. The summed E-state index contributed by atoms with van der Waals surface area (Å²) in [5.41, 5.74) is 0.826. The third kappa shape index (κ3) is 2.57. The minimum atomic E-state index is -0.502. The average Bonchev–Trinajstić information content (AvgIpc) is 2.25. The van der Waals surface area contributed by atoms with Crippen molar-refractivity contribution in [3.63, 3.8) is 0 Å². The fourth-order valence-corrected chi connectivity index (χ4v) is 0.866. The number of hydrogen-bond donors (Lipinski definition) is 1. The maximum Gasteiger partial charge on any atom is 0.356 e. The predicted molar refractivity (Wildman–Crippen MR) is 49.5 cm³/mol. The number of aliphatic hydroxyl groups excluding tert-OH is 1. The SMILES string of the molecule is COC(=O)c1cc(C#CCO)ccn1. The smallest absolute Gasteiger partial charge is 0.356 e. The zero-order chi connectivity index (χ0) is 10.4. The maximum atomic E-state index is 11.1. The summed E-state index contributed by atoms with van der Waals surface area (Å²) in [6.45, 7) is -0.212. The molecule has 4 nitrogen and oxygen atoms in total. The Labute approximate surface area is 81.5 Å². The fourth-order valence-electron chi connectivity index (χ4n) is 0.866. The molecule has 1 N–H and O–H groups in total. The van der Waals surface area contributed by atoms with Crippen LogP contribution < -0.4 is 0 Å². The van der Waals surface area contributed by atoms with Crippen LogP contribution in [0.15, 0.2) is 18.3 Å². The summed E-state index contributed by atoms with van der Waals surface area (Å²) in [7, 11) is 1.29. The van der Waals surface area contributed by atoms with Crippen LogP contribution in [0, 0.1) is 11.8 Å². The third-order valence-corrected chi connectivity index (χ3v) is 1.47. The van der Waals surface area contributed by atoms with Gasteiger partial charge in [-0.25, -0.2) is 9.78 Å². The first kappa shape index (κ1) is 10.2.